The fourth-order valence-corrected chi connectivity index (χ4v) is 5.13. The summed E-state index contributed by atoms with van der Waals surface area (Å²) in [4.78, 5) is 12.5. The van der Waals surface area contributed by atoms with Crippen LogP contribution in [0.2, 0.25) is 0 Å². The molecule has 1 unspecified atom stereocenters. The van der Waals surface area contributed by atoms with Crippen LogP contribution in [-0.2, 0) is 17.6 Å². The Balaban J connectivity index is 1.42. The van der Waals surface area contributed by atoms with E-state index < -0.39 is 5.92 Å². The van der Waals surface area contributed by atoms with E-state index in [0.29, 0.717) is 5.13 Å². The third-order valence-corrected chi connectivity index (χ3v) is 6.72. The van der Waals surface area contributed by atoms with Crippen LogP contribution in [0.5, 0.6) is 0 Å². The van der Waals surface area contributed by atoms with E-state index in [2.05, 4.69) is 25.7 Å². The summed E-state index contributed by atoms with van der Waals surface area (Å²) >= 11 is 4.92. The topological polar surface area (TPSA) is 107 Å². The average Bonchev–Trinajstić information content (AvgIpc) is 3.32. The monoisotopic (exact) mass is 434 g/mol. The SMILES string of the molecule is Cc1nnc(CCSCCc2nnc(NC(=O)C(CN)c3ccccc3)s2)s1. The van der Waals surface area contributed by atoms with Gasteiger partial charge in [0.05, 0.1) is 5.92 Å². The lowest BCUT2D eigenvalue weighted by atomic mass is 9.99. The number of nitrogens with two attached hydrogens (primary N) is 1. The zero-order valence-electron chi connectivity index (χ0n) is 15.5. The summed E-state index contributed by atoms with van der Waals surface area (Å²) in [5, 5.41) is 22.8. The number of aryl methyl sites for hydroxylation is 3. The van der Waals surface area contributed by atoms with E-state index in [9.17, 15) is 4.79 Å². The largest absolute Gasteiger partial charge is 0.329 e. The number of benzene rings is 1. The number of hydrogen-bond acceptors (Lipinski definition) is 9. The first-order valence-corrected chi connectivity index (χ1v) is 11.7. The maximum Gasteiger partial charge on any atom is 0.235 e. The minimum atomic E-state index is -0.395. The van der Waals surface area contributed by atoms with Crippen LogP contribution < -0.4 is 11.1 Å². The van der Waals surface area contributed by atoms with E-state index in [1.165, 1.54) is 11.3 Å². The summed E-state index contributed by atoms with van der Waals surface area (Å²) in [6.45, 7) is 2.21. The predicted molar refractivity (Wildman–Crippen MR) is 116 cm³/mol. The summed E-state index contributed by atoms with van der Waals surface area (Å²) in [6.07, 6.45) is 1.76. The van der Waals surface area contributed by atoms with Crippen molar-refractivity contribution in [3.05, 3.63) is 50.9 Å². The van der Waals surface area contributed by atoms with Gasteiger partial charge in [0, 0.05) is 19.4 Å². The Morgan fingerprint density at radius 3 is 2.39 bits per heavy atom. The molecule has 1 atom stereocenters. The summed E-state index contributed by atoms with van der Waals surface area (Å²) in [5.74, 6) is 1.41. The molecule has 2 aromatic heterocycles. The summed E-state index contributed by atoms with van der Waals surface area (Å²) in [6, 6.07) is 9.53. The molecule has 0 saturated heterocycles. The summed E-state index contributed by atoms with van der Waals surface area (Å²) < 4.78 is 0. The van der Waals surface area contributed by atoms with Gasteiger partial charge in [0.15, 0.2) is 0 Å². The van der Waals surface area contributed by atoms with Gasteiger partial charge >= 0.3 is 0 Å². The molecule has 148 valence electrons. The number of thioether (sulfide) groups is 1. The van der Waals surface area contributed by atoms with Crippen LogP contribution in [0.25, 0.3) is 0 Å². The summed E-state index contributed by atoms with van der Waals surface area (Å²) in [7, 11) is 0. The third kappa shape index (κ3) is 6.06. The van der Waals surface area contributed by atoms with Crippen molar-refractivity contribution in [2.24, 2.45) is 5.73 Å². The Labute approximate surface area is 176 Å². The molecule has 1 amide bonds. The van der Waals surface area contributed by atoms with Gasteiger partial charge in [-0.3, -0.25) is 10.1 Å². The highest BCUT2D eigenvalue weighted by Gasteiger charge is 2.20. The van der Waals surface area contributed by atoms with E-state index in [4.69, 9.17) is 5.73 Å². The first-order valence-electron chi connectivity index (χ1n) is 8.90. The zero-order chi connectivity index (χ0) is 19.8. The van der Waals surface area contributed by atoms with E-state index >= 15 is 0 Å². The first kappa shape index (κ1) is 20.8. The molecule has 0 spiro atoms. The van der Waals surface area contributed by atoms with Gasteiger partial charge in [-0.15, -0.1) is 31.7 Å². The molecule has 0 aliphatic heterocycles. The van der Waals surface area contributed by atoms with Gasteiger partial charge in [0.2, 0.25) is 11.0 Å². The molecule has 1 aromatic carbocycles. The molecular formula is C18H22N6OS3. The van der Waals surface area contributed by atoms with Gasteiger partial charge in [-0.05, 0) is 24.0 Å². The van der Waals surface area contributed by atoms with Crippen molar-refractivity contribution in [2.45, 2.75) is 25.7 Å². The Morgan fingerprint density at radius 1 is 1.07 bits per heavy atom. The molecule has 0 saturated carbocycles. The van der Waals surface area contributed by atoms with Crippen LogP contribution in [0.15, 0.2) is 30.3 Å². The number of carbonyl (C=O) groups is 1. The predicted octanol–water partition coefficient (Wildman–Crippen LogP) is 2.90. The molecule has 3 N–H and O–H groups in total. The van der Waals surface area contributed by atoms with E-state index in [1.807, 2.05) is 49.0 Å². The van der Waals surface area contributed by atoms with Crippen molar-refractivity contribution in [1.82, 2.24) is 20.4 Å². The van der Waals surface area contributed by atoms with Gasteiger partial charge in [-0.2, -0.15) is 11.8 Å². The minimum Gasteiger partial charge on any atom is -0.329 e. The molecule has 0 aliphatic rings. The average molecular weight is 435 g/mol. The lowest BCUT2D eigenvalue weighted by Crippen LogP contribution is -2.27. The number of anilines is 1. The van der Waals surface area contributed by atoms with E-state index in [-0.39, 0.29) is 12.5 Å². The third-order valence-electron chi connectivity index (χ3n) is 3.94. The maximum absolute atomic E-state index is 12.5. The van der Waals surface area contributed by atoms with Gasteiger partial charge in [0.25, 0.3) is 0 Å². The van der Waals surface area contributed by atoms with Crippen LogP contribution in [0.3, 0.4) is 0 Å². The number of nitrogens with one attached hydrogen (secondary N) is 1. The number of rotatable bonds is 10. The first-order chi connectivity index (χ1) is 13.7. The fraction of sp³-hybridized carbons (Fsp3) is 0.389. The van der Waals surface area contributed by atoms with Crippen molar-refractivity contribution in [3.63, 3.8) is 0 Å². The van der Waals surface area contributed by atoms with E-state index in [1.54, 1.807) is 11.3 Å². The van der Waals surface area contributed by atoms with Crippen molar-refractivity contribution in [2.75, 3.05) is 23.4 Å². The van der Waals surface area contributed by atoms with E-state index in [0.717, 1.165) is 44.9 Å². The van der Waals surface area contributed by atoms with Crippen LogP contribution in [0.1, 0.15) is 26.5 Å². The molecule has 3 aromatic rings. The molecule has 0 aliphatic carbocycles. The molecule has 0 fully saturated rings. The van der Waals surface area contributed by atoms with Gasteiger partial charge in [-0.25, -0.2) is 0 Å². The van der Waals surface area contributed by atoms with Crippen LogP contribution in [-0.4, -0.2) is 44.4 Å². The molecular weight excluding hydrogens is 412 g/mol. The highest BCUT2D eigenvalue weighted by Crippen LogP contribution is 2.21. The summed E-state index contributed by atoms with van der Waals surface area (Å²) in [5.41, 5.74) is 6.70. The Morgan fingerprint density at radius 2 is 1.75 bits per heavy atom. The van der Waals surface area contributed by atoms with Crippen LogP contribution in [0, 0.1) is 6.92 Å². The molecule has 7 nitrogen and oxygen atoms in total. The second kappa shape index (κ2) is 10.6. The zero-order valence-corrected chi connectivity index (χ0v) is 17.9. The molecule has 28 heavy (non-hydrogen) atoms. The normalized spacial score (nSPS) is 12.1. The fourth-order valence-electron chi connectivity index (χ4n) is 2.54. The smallest absolute Gasteiger partial charge is 0.235 e. The Kier molecular flexibility index (Phi) is 7.90. The van der Waals surface area contributed by atoms with Crippen molar-refractivity contribution < 1.29 is 4.79 Å². The highest BCUT2D eigenvalue weighted by molar-refractivity contribution is 7.99. The lowest BCUT2D eigenvalue weighted by Gasteiger charge is -2.13. The molecule has 10 heteroatoms. The number of aromatic nitrogens is 4. The van der Waals surface area contributed by atoms with Crippen molar-refractivity contribution >= 4 is 45.5 Å². The number of carbonyl (C=O) groups excluding carboxylic acids is 1. The molecule has 0 radical (unpaired) electrons. The second-order valence-corrected chi connectivity index (χ2v) is 9.57. The molecule has 2 heterocycles. The van der Waals surface area contributed by atoms with Gasteiger partial charge in [0.1, 0.15) is 15.0 Å². The van der Waals surface area contributed by atoms with Gasteiger partial charge < -0.3 is 5.73 Å². The number of nitrogens with zero attached hydrogens (tertiary/aromatic N) is 4. The Hall–Kier alpha value is -1.88. The van der Waals surface area contributed by atoms with Crippen LogP contribution in [0.4, 0.5) is 5.13 Å². The van der Waals surface area contributed by atoms with Crippen molar-refractivity contribution in [3.8, 4) is 0 Å². The lowest BCUT2D eigenvalue weighted by molar-refractivity contribution is -0.117. The second-order valence-electron chi connectivity index (χ2n) is 6.02. The highest BCUT2D eigenvalue weighted by atomic mass is 32.2. The molecule has 3 rings (SSSR count). The van der Waals surface area contributed by atoms with Crippen molar-refractivity contribution in [1.29, 1.82) is 0 Å². The number of amides is 1. The number of hydrogen-bond donors (Lipinski definition) is 2. The van der Waals surface area contributed by atoms with Crippen LogP contribution >= 0.6 is 34.4 Å². The maximum atomic E-state index is 12.5. The molecule has 0 bridgehead atoms. The standard InChI is InChI=1S/C18H22N6OS3/c1-12-21-22-15(27-12)7-9-26-10-8-16-23-24-18(28-16)20-17(25)14(11-19)13-5-3-2-4-6-13/h2-6,14H,7-11,19H2,1H3,(H,20,24,25). The minimum absolute atomic E-state index is 0.155. The quantitative estimate of drug-likeness (QED) is 0.473. The van der Waals surface area contributed by atoms with Gasteiger partial charge in [-0.1, -0.05) is 41.7 Å². The Bertz CT molecular complexity index is 882.